The summed E-state index contributed by atoms with van der Waals surface area (Å²) in [6.45, 7) is 3.91. The highest BCUT2D eigenvalue weighted by molar-refractivity contribution is 14.1. The van der Waals surface area contributed by atoms with Crippen molar-refractivity contribution in [1.82, 2.24) is 0 Å². The Kier molecular flexibility index (Phi) is 2.77. The van der Waals surface area contributed by atoms with Crippen molar-refractivity contribution in [2.75, 3.05) is 0 Å². The molecule has 1 aliphatic heterocycles. The number of cyclic esters (lactones) is 1. The highest BCUT2D eigenvalue weighted by Crippen LogP contribution is 2.25. The van der Waals surface area contributed by atoms with Crippen molar-refractivity contribution in [3.8, 4) is 0 Å². The molecule has 0 aromatic heterocycles. The average Bonchev–Trinajstić information content (AvgIpc) is 2.44. The molecule has 0 saturated carbocycles. The number of nitrogens with zero attached hydrogens (tertiary/aromatic N) is 1. The normalized spacial score (nSPS) is 17.1. The summed E-state index contributed by atoms with van der Waals surface area (Å²) in [5.41, 5.74) is 1.44. The highest BCUT2D eigenvalue weighted by atomic mass is 127. The number of aliphatic imine (C=N–C) groups is 1. The summed E-state index contributed by atoms with van der Waals surface area (Å²) in [4.78, 5) is 15.8. The fraction of sp³-hybridized carbons (Fsp3) is 0.273. The van der Waals surface area contributed by atoms with Gasteiger partial charge in [-0.1, -0.05) is 6.07 Å². The van der Waals surface area contributed by atoms with E-state index in [2.05, 4.69) is 27.6 Å². The van der Waals surface area contributed by atoms with Crippen LogP contribution in [0.3, 0.4) is 0 Å². The second kappa shape index (κ2) is 3.92. The summed E-state index contributed by atoms with van der Waals surface area (Å²) in [5.74, 6) is 0.151. The van der Waals surface area contributed by atoms with E-state index in [9.17, 15) is 4.79 Å². The maximum Gasteiger partial charge on any atom is 0.345 e. The molecule has 15 heavy (non-hydrogen) atoms. The van der Waals surface area contributed by atoms with Gasteiger partial charge in [0.2, 0.25) is 5.90 Å². The molecule has 0 fully saturated rings. The number of carbonyl (C=O) groups is 1. The lowest BCUT2D eigenvalue weighted by molar-refractivity contribution is 0.0736. The third kappa shape index (κ3) is 1.90. The molecule has 0 spiro atoms. The zero-order valence-corrected chi connectivity index (χ0v) is 10.6. The predicted octanol–water partition coefficient (Wildman–Crippen LogP) is 2.62. The molecule has 0 radical (unpaired) electrons. The molecule has 1 aromatic rings. The molecule has 0 N–H and O–H groups in total. The smallest absolute Gasteiger partial charge is 0.345 e. The van der Waals surface area contributed by atoms with Crippen LogP contribution in [0.25, 0.3) is 0 Å². The molecular formula is C11H10INO2. The van der Waals surface area contributed by atoms with Crippen molar-refractivity contribution in [1.29, 1.82) is 0 Å². The summed E-state index contributed by atoms with van der Waals surface area (Å²) in [7, 11) is 0. The number of hydrogen-bond acceptors (Lipinski definition) is 3. The van der Waals surface area contributed by atoms with Crippen LogP contribution in [-0.2, 0) is 4.74 Å². The maximum absolute atomic E-state index is 11.5. The van der Waals surface area contributed by atoms with Gasteiger partial charge in [0, 0.05) is 9.61 Å². The molecule has 1 aliphatic rings. The third-order valence-electron chi connectivity index (χ3n) is 2.01. The molecule has 0 bridgehead atoms. The molecule has 0 aliphatic carbocycles. The molecule has 1 aromatic carbocycles. The summed E-state index contributed by atoms with van der Waals surface area (Å²) < 4.78 is 6.13. The van der Waals surface area contributed by atoms with Crippen LogP contribution in [0.4, 0.5) is 0 Å². The molecule has 78 valence electrons. The van der Waals surface area contributed by atoms with Gasteiger partial charge < -0.3 is 4.74 Å². The average molecular weight is 315 g/mol. The van der Waals surface area contributed by atoms with E-state index in [-0.39, 0.29) is 12.0 Å². The summed E-state index contributed by atoms with van der Waals surface area (Å²) in [6.07, 6.45) is 0. The van der Waals surface area contributed by atoms with Crippen molar-refractivity contribution in [2.24, 2.45) is 4.99 Å². The van der Waals surface area contributed by atoms with Gasteiger partial charge in [-0.3, -0.25) is 0 Å². The fourth-order valence-corrected chi connectivity index (χ4v) is 2.16. The van der Waals surface area contributed by atoms with Crippen molar-refractivity contribution >= 4 is 34.5 Å². The number of carbonyl (C=O) groups excluding carboxylic acids is 1. The highest BCUT2D eigenvalue weighted by Gasteiger charge is 2.29. The van der Waals surface area contributed by atoms with Crippen LogP contribution in [0.5, 0.6) is 0 Å². The molecule has 0 atom stereocenters. The van der Waals surface area contributed by atoms with Crippen molar-refractivity contribution in [3.05, 3.63) is 32.9 Å². The van der Waals surface area contributed by atoms with Crippen LogP contribution in [-0.4, -0.2) is 17.9 Å². The van der Waals surface area contributed by atoms with E-state index in [0.717, 1.165) is 9.13 Å². The Morgan fingerprint density at radius 1 is 1.40 bits per heavy atom. The van der Waals surface area contributed by atoms with Gasteiger partial charge in [-0.15, -0.1) is 0 Å². The van der Waals surface area contributed by atoms with E-state index in [4.69, 9.17) is 4.74 Å². The minimum atomic E-state index is -0.303. The number of halogens is 1. The van der Waals surface area contributed by atoms with Gasteiger partial charge in [0.25, 0.3) is 0 Å². The van der Waals surface area contributed by atoms with Crippen LogP contribution in [0.1, 0.15) is 29.8 Å². The largest absolute Gasteiger partial charge is 0.403 e. The first-order valence-electron chi connectivity index (χ1n) is 4.68. The Balaban J connectivity index is 2.58. The summed E-state index contributed by atoms with van der Waals surface area (Å²) >= 11 is 2.18. The molecule has 4 heteroatoms. The van der Waals surface area contributed by atoms with Gasteiger partial charge >= 0.3 is 5.97 Å². The van der Waals surface area contributed by atoms with Crippen LogP contribution in [0, 0.1) is 3.57 Å². The maximum atomic E-state index is 11.5. The minimum absolute atomic E-state index is 0.120. The molecule has 1 heterocycles. The standard InChI is InChI=1S/C11H10INO2/c1-6(2)13-10-9-7(11(14)15-10)4-3-5-8(9)12/h3-6H,1-2H3. The number of fused-ring (bicyclic) bond motifs is 1. The number of ether oxygens (including phenoxy) is 1. The second-order valence-electron chi connectivity index (χ2n) is 3.58. The van der Waals surface area contributed by atoms with Crippen LogP contribution in [0.2, 0.25) is 0 Å². The van der Waals surface area contributed by atoms with Gasteiger partial charge in [0.05, 0.1) is 11.1 Å². The van der Waals surface area contributed by atoms with E-state index in [1.807, 2.05) is 26.0 Å². The van der Waals surface area contributed by atoms with Gasteiger partial charge in [-0.25, -0.2) is 9.79 Å². The third-order valence-corrected chi connectivity index (χ3v) is 2.91. The van der Waals surface area contributed by atoms with Crippen molar-refractivity contribution < 1.29 is 9.53 Å². The zero-order chi connectivity index (χ0) is 11.0. The Morgan fingerprint density at radius 3 is 2.80 bits per heavy atom. The van der Waals surface area contributed by atoms with Gasteiger partial charge in [0.15, 0.2) is 0 Å². The van der Waals surface area contributed by atoms with Crippen LogP contribution in [0.15, 0.2) is 23.2 Å². The second-order valence-corrected chi connectivity index (χ2v) is 4.74. The Labute approximate surface area is 102 Å². The lowest BCUT2D eigenvalue weighted by Crippen LogP contribution is -2.05. The Hall–Kier alpha value is -0.910. The molecule has 2 rings (SSSR count). The van der Waals surface area contributed by atoms with Crippen LogP contribution >= 0.6 is 22.6 Å². The lowest BCUT2D eigenvalue weighted by Gasteiger charge is -2.01. The first-order chi connectivity index (χ1) is 7.09. The number of esters is 1. The zero-order valence-electron chi connectivity index (χ0n) is 8.45. The number of hydrogen-bond donors (Lipinski definition) is 0. The van der Waals surface area contributed by atoms with Crippen molar-refractivity contribution in [3.63, 3.8) is 0 Å². The molecule has 3 nitrogen and oxygen atoms in total. The first kappa shape index (κ1) is 10.6. The van der Waals surface area contributed by atoms with E-state index in [1.54, 1.807) is 6.07 Å². The van der Waals surface area contributed by atoms with E-state index < -0.39 is 0 Å². The Bertz CT molecular complexity index is 452. The van der Waals surface area contributed by atoms with Crippen LogP contribution < -0.4 is 0 Å². The fourth-order valence-electron chi connectivity index (χ4n) is 1.43. The lowest BCUT2D eigenvalue weighted by atomic mass is 10.1. The summed E-state index contributed by atoms with van der Waals surface area (Å²) in [5, 5.41) is 0. The van der Waals surface area contributed by atoms with E-state index in [1.165, 1.54) is 0 Å². The quantitative estimate of drug-likeness (QED) is 0.590. The van der Waals surface area contributed by atoms with Crippen molar-refractivity contribution in [2.45, 2.75) is 19.9 Å². The first-order valence-corrected chi connectivity index (χ1v) is 5.76. The monoisotopic (exact) mass is 315 g/mol. The topological polar surface area (TPSA) is 38.7 Å². The summed E-state index contributed by atoms with van der Waals surface area (Å²) in [6, 6.07) is 5.68. The number of rotatable bonds is 1. The predicted molar refractivity (Wildman–Crippen MR) is 66.2 cm³/mol. The molecular weight excluding hydrogens is 305 g/mol. The minimum Gasteiger partial charge on any atom is -0.403 e. The van der Waals surface area contributed by atoms with E-state index in [0.29, 0.717) is 11.5 Å². The number of benzene rings is 1. The van der Waals surface area contributed by atoms with Gasteiger partial charge in [-0.2, -0.15) is 0 Å². The van der Waals surface area contributed by atoms with Gasteiger partial charge in [0.1, 0.15) is 0 Å². The van der Waals surface area contributed by atoms with E-state index >= 15 is 0 Å². The van der Waals surface area contributed by atoms with Gasteiger partial charge in [-0.05, 0) is 48.6 Å². The SMILES string of the molecule is CC(C)N=C1OC(=O)c2cccc(I)c21. The molecule has 0 unspecified atom stereocenters. The Morgan fingerprint density at radius 2 is 2.13 bits per heavy atom. The molecule has 0 saturated heterocycles. The molecule has 0 amide bonds.